The molecule has 3 heterocycles. The molecule has 2 bridgehead atoms. The van der Waals surface area contributed by atoms with Crippen LogP contribution in [0.2, 0.25) is 0 Å². The van der Waals surface area contributed by atoms with E-state index in [1.54, 1.807) is 39.1 Å². The molecule has 2 saturated carbocycles. The van der Waals surface area contributed by atoms with Crippen LogP contribution in [0, 0.1) is 63.6 Å². The van der Waals surface area contributed by atoms with Crippen molar-refractivity contribution in [3.8, 4) is 0 Å². The summed E-state index contributed by atoms with van der Waals surface area (Å²) in [6.45, 7) is 42.2. The highest BCUT2D eigenvalue weighted by Crippen LogP contribution is 2.74. The molecule has 7 aliphatic rings. The molecule has 9 rings (SSSR count). The largest absolute Gasteiger partial charge is 0.370 e. The molecule has 55 heavy (non-hydrogen) atoms. The number of rotatable bonds is 2. The van der Waals surface area contributed by atoms with Crippen molar-refractivity contribution in [1.29, 1.82) is 0 Å². The van der Waals surface area contributed by atoms with Crippen molar-refractivity contribution in [2.45, 2.75) is 171 Å². The first-order chi connectivity index (χ1) is 25.6. The number of piperidine rings is 1. The van der Waals surface area contributed by atoms with Crippen LogP contribution < -0.4 is 4.90 Å². The van der Waals surface area contributed by atoms with Gasteiger partial charge in [-0.1, -0.05) is 127 Å². The molecule has 3 aliphatic heterocycles. The number of allylic oxidation sites excluding steroid dienone is 2. The summed E-state index contributed by atoms with van der Waals surface area (Å²) in [6.07, 6.45) is 7.66. The van der Waals surface area contributed by atoms with E-state index >= 15 is 0 Å². The van der Waals surface area contributed by atoms with Gasteiger partial charge in [0, 0.05) is 48.1 Å². The Bertz CT molecular complexity index is 1960. The Kier molecular flexibility index (Phi) is 8.09. The second kappa shape index (κ2) is 11.6. The summed E-state index contributed by atoms with van der Waals surface area (Å²) in [6, 6.07) is 16.3. The minimum atomic E-state index is -0.0796. The molecule has 1 spiro atoms. The molecule has 2 heteroatoms. The molecule has 2 nitrogen and oxygen atoms in total. The molecule has 0 amide bonds. The van der Waals surface area contributed by atoms with Crippen molar-refractivity contribution < 1.29 is 0 Å². The predicted octanol–water partition coefficient (Wildman–Crippen LogP) is 13.2. The summed E-state index contributed by atoms with van der Waals surface area (Å²) < 4.78 is 0. The van der Waals surface area contributed by atoms with Crippen LogP contribution in [0.4, 0.5) is 5.69 Å². The van der Waals surface area contributed by atoms with Crippen molar-refractivity contribution in [3.05, 3.63) is 69.8 Å². The molecule has 12 unspecified atom stereocenters. The summed E-state index contributed by atoms with van der Waals surface area (Å²) in [7, 11) is 2.50. The first-order valence-corrected chi connectivity index (χ1v) is 23.0. The molecule has 4 aliphatic carbocycles. The molecule has 300 valence electrons. The average Bonchev–Trinajstić information content (AvgIpc) is 3.73. The maximum atomic E-state index is 3.04. The summed E-state index contributed by atoms with van der Waals surface area (Å²) in [4.78, 5) is 5.88. The quantitative estimate of drug-likeness (QED) is 0.302. The Morgan fingerprint density at radius 2 is 1.53 bits per heavy atom. The van der Waals surface area contributed by atoms with Gasteiger partial charge in [0.15, 0.2) is 0 Å². The Balaban J connectivity index is 1.32. The lowest BCUT2D eigenvalue weighted by Gasteiger charge is -2.70. The lowest BCUT2D eigenvalue weighted by molar-refractivity contribution is -0.171. The Morgan fingerprint density at radius 1 is 0.836 bits per heavy atom. The van der Waals surface area contributed by atoms with Crippen LogP contribution in [0.3, 0.4) is 0 Å². The van der Waals surface area contributed by atoms with Gasteiger partial charge < -0.3 is 4.90 Å². The number of benzene rings is 2. The molecule has 2 aromatic rings. The second-order valence-corrected chi connectivity index (χ2v) is 23.6. The van der Waals surface area contributed by atoms with Gasteiger partial charge in [-0.05, 0) is 154 Å². The summed E-state index contributed by atoms with van der Waals surface area (Å²) in [5.41, 5.74) is 14.2. The van der Waals surface area contributed by atoms with E-state index in [1.165, 1.54) is 57.2 Å². The fourth-order valence-corrected chi connectivity index (χ4v) is 17.8. The molecule has 2 saturated heterocycles. The van der Waals surface area contributed by atoms with E-state index in [1.807, 2.05) is 0 Å². The van der Waals surface area contributed by atoms with Gasteiger partial charge in [-0.15, -0.1) is 0 Å². The van der Waals surface area contributed by atoms with Gasteiger partial charge in [-0.25, -0.2) is 0 Å². The van der Waals surface area contributed by atoms with E-state index in [0.29, 0.717) is 41.2 Å². The Morgan fingerprint density at radius 3 is 2.22 bits per heavy atom. The highest BCUT2D eigenvalue weighted by molar-refractivity contribution is 5.81. The van der Waals surface area contributed by atoms with Crippen LogP contribution in [-0.4, -0.2) is 37.1 Å². The third-order valence-corrected chi connectivity index (χ3v) is 21.6. The number of hydrogen-bond acceptors (Lipinski definition) is 2. The topological polar surface area (TPSA) is 6.48 Å². The lowest BCUT2D eigenvalue weighted by atomic mass is 9.39. The van der Waals surface area contributed by atoms with E-state index in [2.05, 4.69) is 157 Å². The number of aryl methyl sites for hydroxylation is 1. The van der Waals surface area contributed by atoms with E-state index in [9.17, 15) is 0 Å². The highest BCUT2D eigenvalue weighted by Gasteiger charge is 2.76. The zero-order valence-corrected chi connectivity index (χ0v) is 38.1. The molecule has 0 aromatic heterocycles. The first-order valence-electron chi connectivity index (χ1n) is 23.0. The fraction of sp³-hybridized carbons (Fsp3) is 0.736. The SMILES string of the molecule is CCC12C(C)C(C)CN3CCC4(c5cc(C6(C)CC7(C)CC(CCC8=C6C(C)c6ccccc68)C(C)C(C)(C)C7(C)C)c(C)cc5N(C)C4C(C)(C)C1C)C32. The maximum Gasteiger partial charge on any atom is 0.0453 e. The Labute approximate surface area is 337 Å². The van der Waals surface area contributed by atoms with Gasteiger partial charge >= 0.3 is 0 Å². The molecule has 0 N–H and O–H groups in total. The van der Waals surface area contributed by atoms with Gasteiger partial charge in [-0.3, -0.25) is 4.90 Å². The maximum absolute atomic E-state index is 3.04. The van der Waals surface area contributed by atoms with Crippen LogP contribution in [0.1, 0.15) is 169 Å². The molecular formula is C53H78N2. The summed E-state index contributed by atoms with van der Waals surface area (Å²) >= 11 is 0. The smallest absolute Gasteiger partial charge is 0.0453 e. The van der Waals surface area contributed by atoms with Gasteiger partial charge in [0.1, 0.15) is 0 Å². The number of fused-ring (bicyclic) bond motifs is 5. The normalized spacial score (nSPS) is 44.8. The highest BCUT2D eigenvalue weighted by atomic mass is 15.3. The summed E-state index contributed by atoms with van der Waals surface area (Å²) in [5, 5.41) is 0. The van der Waals surface area contributed by atoms with E-state index in [0.717, 1.165) is 11.8 Å². The van der Waals surface area contributed by atoms with E-state index in [4.69, 9.17) is 0 Å². The third kappa shape index (κ3) is 4.28. The van der Waals surface area contributed by atoms with Crippen molar-refractivity contribution >= 4 is 11.3 Å². The number of hydrogen-bond donors (Lipinski definition) is 0. The van der Waals surface area contributed by atoms with Crippen molar-refractivity contribution in [2.24, 2.45) is 56.7 Å². The summed E-state index contributed by atoms with van der Waals surface area (Å²) in [5.74, 6) is 3.97. The van der Waals surface area contributed by atoms with Crippen LogP contribution in [0.25, 0.3) is 5.57 Å². The average molecular weight is 743 g/mol. The lowest BCUT2D eigenvalue weighted by Crippen LogP contribution is -2.75. The van der Waals surface area contributed by atoms with Gasteiger partial charge in [0.2, 0.25) is 0 Å². The van der Waals surface area contributed by atoms with Crippen LogP contribution in [0.5, 0.6) is 0 Å². The number of likely N-dealkylation sites (N-methyl/N-ethyl adjacent to an activating group) is 1. The Hall–Kier alpha value is -2.06. The minimum Gasteiger partial charge on any atom is -0.370 e. The van der Waals surface area contributed by atoms with Crippen molar-refractivity contribution in [1.82, 2.24) is 4.90 Å². The standard InChI is InChI=1S/C53H78N2/c1-17-52-34(5)32(3)29-55-25-24-53(46(52)55)42-27-41(31(2)26-43(42)54(16)45(53)47(8,9)36(52)7)51(15)30-50(14)28-37(35(6)48(10,11)49(50,12)13)22-23-40-39-21-19-18-20-38(39)33(4)44(40)51/h18-21,26-27,32-37,45-46H,17,22-25,28-30H2,1-16H3. The van der Waals surface area contributed by atoms with Gasteiger partial charge in [0.05, 0.1) is 0 Å². The molecule has 12 atom stereocenters. The number of anilines is 1. The fourth-order valence-electron chi connectivity index (χ4n) is 17.8. The molecule has 0 radical (unpaired) electrons. The third-order valence-electron chi connectivity index (χ3n) is 21.6. The van der Waals surface area contributed by atoms with Crippen LogP contribution >= 0.6 is 0 Å². The van der Waals surface area contributed by atoms with E-state index < -0.39 is 0 Å². The zero-order valence-electron chi connectivity index (χ0n) is 38.1. The van der Waals surface area contributed by atoms with Gasteiger partial charge in [-0.2, -0.15) is 0 Å². The monoisotopic (exact) mass is 743 g/mol. The first kappa shape index (κ1) is 38.5. The van der Waals surface area contributed by atoms with Gasteiger partial charge in [0.25, 0.3) is 0 Å². The van der Waals surface area contributed by atoms with Crippen LogP contribution in [-0.2, 0) is 10.8 Å². The van der Waals surface area contributed by atoms with Crippen molar-refractivity contribution in [2.75, 3.05) is 25.0 Å². The van der Waals surface area contributed by atoms with E-state index in [-0.39, 0.29) is 32.5 Å². The molecule has 2 aromatic carbocycles. The molecular weight excluding hydrogens is 665 g/mol. The van der Waals surface area contributed by atoms with Crippen molar-refractivity contribution in [3.63, 3.8) is 0 Å². The molecule has 4 fully saturated rings. The van der Waals surface area contributed by atoms with Crippen LogP contribution in [0.15, 0.2) is 42.0 Å². The predicted molar refractivity (Wildman–Crippen MR) is 235 cm³/mol. The number of nitrogens with zero attached hydrogens (tertiary/aromatic N) is 2. The second-order valence-electron chi connectivity index (χ2n) is 23.6. The minimum absolute atomic E-state index is 0.0796. The zero-order chi connectivity index (χ0) is 39.8.